The van der Waals surface area contributed by atoms with Crippen molar-refractivity contribution in [3.8, 4) is 33.4 Å². The van der Waals surface area contributed by atoms with Crippen molar-refractivity contribution in [3.05, 3.63) is 156 Å². The van der Waals surface area contributed by atoms with E-state index in [0.717, 1.165) is 0 Å². The second-order valence-corrected chi connectivity index (χ2v) is 15.2. The molecule has 0 spiro atoms. The van der Waals surface area contributed by atoms with Crippen molar-refractivity contribution in [1.29, 1.82) is 0 Å². The van der Waals surface area contributed by atoms with Gasteiger partial charge in [-0.15, -0.1) is 0 Å². The van der Waals surface area contributed by atoms with Crippen LogP contribution < -0.4 is 0 Å². The first kappa shape index (κ1) is 27.6. The molecule has 8 rings (SSSR count). The van der Waals surface area contributed by atoms with E-state index >= 15 is 0 Å². The highest BCUT2D eigenvalue weighted by molar-refractivity contribution is 7.99. The summed E-state index contributed by atoms with van der Waals surface area (Å²) in [4.78, 5) is 5.43. The molecule has 0 atom stereocenters. The first-order valence-electron chi connectivity index (χ1n) is 15.3. The fourth-order valence-corrected chi connectivity index (χ4v) is 9.65. The minimum absolute atomic E-state index is 0.104. The van der Waals surface area contributed by atoms with E-state index in [2.05, 4.69) is 161 Å². The zero-order valence-electron chi connectivity index (χ0n) is 25.5. The summed E-state index contributed by atoms with van der Waals surface area (Å²) in [6.45, 7) is 9.54. The molecule has 2 heterocycles. The number of rotatable bonds is 3. The van der Waals surface area contributed by atoms with Gasteiger partial charge in [0.2, 0.25) is 0 Å². The SMILES string of the molecule is CC1(C)c2cc(-c3ccccc3)ccc2Sc2ccc(-c3ccc4c(c3)C(C)(C)c3cc(-c5ccccc5)ccc3S4)cc21. The van der Waals surface area contributed by atoms with E-state index in [4.69, 9.17) is 0 Å². The molecule has 6 aromatic carbocycles. The largest absolute Gasteiger partial charge is 0.0895 e. The van der Waals surface area contributed by atoms with E-state index in [-0.39, 0.29) is 10.8 Å². The third kappa shape index (κ3) is 4.47. The molecule has 0 saturated heterocycles. The van der Waals surface area contributed by atoms with Gasteiger partial charge < -0.3 is 0 Å². The highest BCUT2D eigenvalue weighted by atomic mass is 32.2. The molecule has 2 heteroatoms. The van der Waals surface area contributed by atoms with Crippen molar-refractivity contribution in [2.24, 2.45) is 0 Å². The second-order valence-electron chi connectivity index (χ2n) is 13.0. The van der Waals surface area contributed by atoms with Crippen LogP contribution in [0.5, 0.6) is 0 Å². The molecule has 44 heavy (non-hydrogen) atoms. The lowest BCUT2D eigenvalue weighted by Crippen LogP contribution is -2.24. The summed E-state index contributed by atoms with van der Waals surface area (Å²) in [6, 6.07) is 49.6. The third-order valence-corrected chi connectivity index (χ3v) is 11.9. The molecule has 0 aromatic heterocycles. The Kier molecular flexibility index (Phi) is 6.45. The maximum Gasteiger partial charge on any atom is 0.0169 e. The van der Waals surface area contributed by atoms with Gasteiger partial charge in [0.15, 0.2) is 0 Å². The maximum absolute atomic E-state index is 2.45. The summed E-state index contributed by atoms with van der Waals surface area (Å²) in [5.74, 6) is 0. The predicted octanol–water partition coefficient (Wildman–Crippen LogP) is 12.3. The lowest BCUT2D eigenvalue weighted by Gasteiger charge is -2.36. The van der Waals surface area contributed by atoms with Crippen LogP contribution in [0.15, 0.2) is 153 Å². The van der Waals surface area contributed by atoms with Gasteiger partial charge in [-0.05, 0) is 104 Å². The third-order valence-electron chi connectivity index (χ3n) is 9.60. The molecule has 0 amide bonds. The van der Waals surface area contributed by atoms with Crippen LogP contribution >= 0.6 is 23.5 Å². The van der Waals surface area contributed by atoms with Gasteiger partial charge in [-0.1, -0.05) is 136 Å². The molecule has 2 aliphatic rings. The van der Waals surface area contributed by atoms with Crippen molar-refractivity contribution in [2.75, 3.05) is 0 Å². The van der Waals surface area contributed by atoms with E-state index in [1.54, 1.807) is 0 Å². The van der Waals surface area contributed by atoms with Crippen LogP contribution in [0.1, 0.15) is 49.9 Å². The van der Waals surface area contributed by atoms with Crippen molar-refractivity contribution in [3.63, 3.8) is 0 Å². The molecule has 0 unspecified atom stereocenters. The normalized spacial score (nSPS) is 15.5. The number of hydrogen-bond donors (Lipinski definition) is 0. The monoisotopic (exact) mass is 602 g/mol. The standard InChI is InChI=1S/C42H34S2/c1-41(2)33-23-29(27-11-7-5-8-12-27)15-19-37(33)43-39-21-17-31(25-35(39)41)32-18-22-40-36(26-32)42(3,4)34-24-30(16-20-38(34)44-40)28-13-9-6-10-14-28/h5-26H,1-4H3. The zero-order chi connectivity index (χ0) is 30.1. The maximum atomic E-state index is 2.45. The summed E-state index contributed by atoms with van der Waals surface area (Å²) in [5.41, 5.74) is 13.1. The van der Waals surface area contributed by atoms with Crippen LogP contribution in [0.3, 0.4) is 0 Å². The van der Waals surface area contributed by atoms with E-state index in [1.807, 2.05) is 23.5 Å². The van der Waals surface area contributed by atoms with Gasteiger partial charge in [-0.3, -0.25) is 0 Å². The molecular weight excluding hydrogens is 569 g/mol. The lowest BCUT2D eigenvalue weighted by atomic mass is 9.75. The average Bonchev–Trinajstić information content (AvgIpc) is 3.05. The van der Waals surface area contributed by atoms with E-state index in [0.29, 0.717) is 0 Å². The molecule has 0 fully saturated rings. The van der Waals surface area contributed by atoms with Crippen LogP contribution in [0.4, 0.5) is 0 Å². The summed E-state index contributed by atoms with van der Waals surface area (Å²) < 4.78 is 0. The zero-order valence-corrected chi connectivity index (χ0v) is 27.2. The summed E-state index contributed by atoms with van der Waals surface area (Å²) in [5, 5.41) is 0. The van der Waals surface area contributed by atoms with Crippen molar-refractivity contribution >= 4 is 23.5 Å². The Balaban J connectivity index is 1.17. The highest BCUT2D eigenvalue weighted by Gasteiger charge is 2.35. The van der Waals surface area contributed by atoms with Crippen molar-refractivity contribution in [2.45, 2.75) is 58.1 Å². The van der Waals surface area contributed by atoms with Crippen molar-refractivity contribution in [1.82, 2.24) is 0 Å². The Bertz CT molecular complexity index is 1900. The second kappa shape index (κ2) is 10.3. The summed E-state index contributed by atoms with van der Waals surface area (Å²) in [7, 11) is 0. The topological polar surface area (TPSA) is 0 Å². The van der Waals surface area contributed by atoms with E-state index in [9.17, 15) is 0 Å². The van der Waals surface area contributed by atoms with Crippen LogP contribution in [0.2, 0.25) is 0 Å². The van der Waals surface area contributed by atoms with Gasteiger partial charge in [0.05, 0.1) is 0 Å². The van der Waals surface area contributed by atoms with Gasteiger partial charge in [0, 0.05) is 30.4 Å². The fraction of sp³-hybridized carbons (Fsp3) is 0.143. The first-order valence-corrected chi connectivity index (χ1v) is 17.0. The molecule has 0 saturated carbocycles. The number of hydrogen-bond acceptors (Lipinski definition) is 2. The average molecular weight is 603 g/mol. The van der Waals surface area contributed by atoms with Crippen LogP contribution in [-0.2, 0) is 10.8 Å². The molecule has 214 valence electrons. The number of benzene rings is 6. The Morgan fingerprint density at radius 3 is 0.886 bits per heavy atom. The molecule has 6 aromatic rings. The minimum Gasteiger partial charge on any atom is -0.0895 e. The van der Waals surface area contributed by atoms with Crippen molar-refractivity contribution < 1.29 is 0 Å². The molecule has 0 nitrogen and oxygen atoms in total. The van der Waals surface area contributed by atoms with E-state index in [1.165, 1.54) is 75.2 Å². The van der Waals surface area contributed by atoms with Crippen LogP contribution in [0, 0.1) is 0 Å². The first-order chi connectivity index (χ1) is 21.3. The van der Waals surface area contributed by atoms with Gasteiger partial charge in [0.1, 0.15) is 0 Å². The Labute approximate surface area is 269 Å². The molecule has 0 bridgehead atoms. The smallest absolute Gasteiger partial charge is 0.0169 e. The molecule has 0 aliphatic carbocycles. The quantitative estimate of drug-likeness (QED) is 0.198. The van der Waals surface area contributed by atoms with Crippen LogP contribution in [0.25, 0.3) is 33.4 Å². The van der Waals surface area contributed by atoms with Gasteiger partial charge in [-0.25, -0.2) is 0 Å². The van der Waals surface area contributed by atoms with Gasteiger partial charge in [0.25, 0.3) is 0 Å². The minimum atomic E-state index is -0.104. The Morgan fingerprint density at radius 2 is 0.591 bits per heavy atom. The highest BCUT2D eigenvalue weighted by Crippen LogP contribution is 2.53. The molecule has 2 aliphatic heterocycles. The Hall–Kier alpha value is -3.98. The summed E-state index contributed by atoms with van der Waals surface area (Å²) in [6.07, 6.45) is 0. The van der Waals surface area contributed by atoms with Crippen LogP contribution in [-0.4, -0.2) is 0 Å². The molecule has 0 radical (unpaired) electrons. The Morgan fingerprint density at radius 1 is 0.318 bits per heavy atom. The molecular formula is C42H34S2. The predicted molar refractivity (Wildman–Crippen MR) is 188 cm³/mol. The lowest BCUT2D eigenvalue weighted by molar-refractivity contribution is 0.606. The summed E-state index contributed by atoms with van der Waals surface area (Å²) >= 11 is 3.81. The fourth-order valence-electron chi connectivity index (χ4n) is 6.94. The van der Waals surface area contributed by atoms with Gasteiger partial charge >= 0.3 is 0 Å². The van der Waals surface area contributed by atoms with E-state index < -0.39 is 0 Å². The number of fused-ring (bicyclic) bond motifs is 4. The van der Waals surface area contributed by atoms with Gasteiger partial charge in [-0.2, -0.15) is 0 Å². The molecule has 0 N–H and O–H groups in total.